The van der Waals surface area contributed by atoms with Crippen molar-refractivity contribution >= 4 is 39.8 Å². The highest BCUT2D eigenvalue weighted by atomic mass is 28.2. The molecule has 36 heavy (non-hydrogen) atoms. The molecule has 0 N–H and O–H groups in total. The average molecular weight is 495 g/mol. The molecule has 0 saturated carbocycles. The third-order valence-electron chi connectivity index (χ3n) is 8.14. The van der Waals surface area contributed by atoms with Gasteiger partial charge in [0.05, 0.1) is 19.0 Å². The van der Waals surface area contributed by atoms with Crippen LogP contribution in [0.25, 0.3) is 22.3 Å². The van der Waals surface area contributed by atoms with E-state index in [9.17, 15) is 0 Å². The van der Waals surface area contributed by atoms with E-state index in [0.717, 1.165) is 25.7 Å². The molecule has 0 nitrogen and oxygen atoms in total. The summed E-state index contributed by atoms with van der Waals surface area (Å²) in [6.45, 7) is 0. The maximum Gasteiger partial charge on any atom is 0.0891 e. The van der Waals surface area contributed by atoms with Gasteiger partial charge in [-0.15, -0.1) is 0 Å². The van der Waals surface area contributed by atoms with Crippen molar-refractivity contribution in [2.45, 2.75) is 25.7 Å². The summed E-state index contributed by atoms with van der Waals surface area (Å²) in [6.07, 6.45) is 4.48. The summed E-state index contributed by atoms with van der Waals surface area (Å²) in [5.41, 5.74) is 11.8. The molecular formula is C34H30Si2. The second kappa shape index (κ2) is 9.20. The van der Waals surface area contributed by atoms with E-state index in [1.165, 1.54) is 44.5 Å². The molecule has 0 atom stereocenters. The predicted molar refractivity (Wildman–Crippen MR) is 161 cm³/mol. The molecule has 2 heteroatoms. The van der Waals surface area contributed by atoms with Gasteiger partial charge in [0, 0.05) is 0 Å². The Hall–Kier alpha value is -3.47. The molecule has 0 saturated heterocycles. The molecule has 5 aromatic rings. The van der Waals surface area contributed by atoms with E-state index >= 15 is 0 Å². The maximum atomic E-state index is 2.49. The first-order valence-corrected chi connectivity index (χ1v) is 16.1. The lowest BCUT2D eigenvalue weighted by Gasteiger charge is -2.08. The van der Waals surface area contributed by atoms with Crippen LogP contribution in [0.1, 0.15) is 22.3 Å². The number of benzene rings is 5. The Morgan fingerprint density at radius 2 is 0.694 bits per heavy atom. The van der Waals surface area contributed by atoms with Crippen molar-refractivity contribution in [3.05, 3.63) is 131 Å². The van der Waals surface area contributed by atoms with Crippen molar-refractivity contribution < 1.29 is 0 Å². The van der Waals surface area contributed by atoms with Gasteiger partial charge in [0.15, 0.2) is 0 Å². The number of aryl methyl sites for hydroxylation is 4. The lowest BCUT2D eigenvalue weighted by Crippen LogP contribution is -2.21. The zero-order valence-electron chi connectivity index (χ0n) is 20.6. The summed E-state index contributed by atoms with van der Waals surface area (Å²) < 4.78 is 0. The molecule has 0 bridgehead atoms. The summed E-state index contributed by atoms with van der Waals surface area (Å²) in [5, 5.41) is 6.46. The standard InChI is InChI=1S/C34H30Si2/c1-3-7-31-27(5-1)29-19-17-25(21-33(29)35-31)15-13-23-9-11-24(12-10-23)14-16-26-18-20-30-28-6-2-4-8-32(28)36-34(30)22-26/h1-12,17-22H,13-16,35-36H2. The van der Waals surface area contributed by atoms with E-state index in [-0.39, 0.29) is 19.0 Å². The fraction of sp³-hybridized carbons (Fsp3) is 0.118. The third kappa shape index (κ3) is 4.11. The van der Waals surface area contributed by atoms with Crippen LogP contribution in [0.3, 0.4) is 0 Å². The Labute approximate surface area is 218 Å². The van der Waals surface area contributed by atoms with Gasteiger partial charge in [0.2, 0.25) is 0 Å². The molecule has 0 amide bonds. The second-order valence-corrected chi connectivity index (χ2v) is 14.2. The van der Waals surface area contributed by atoms with Crippen LogP contribution in [0.5, 0.6) is 0 Å². The van der Waals surface area contributed by atoms with Crippen molar-refractivity contribution in [2.24, 2.45) is 0 Å². The number of hydrogen-bond acceptors (Lipinski definition) is 0. The van der Waals surface area contributed by atoms with Crippen LogP contribution in [0, 0.1) is 0 Å². The zero-order valence-corrected chi connectivity index (χ0v) is 23.5. The Morgan fingerprint density at radius 3 is 1.17 bits per heavy atom. The third-order valence-corrected chi connectivity index (χ3v) is 12.1. The minimum atomic E-state index is -0.309. The molecular weight excluding hydrogens is 465 g/mol. The summed E-state index contributed by atoms with van der Waals surface area (Å²) in [6, 6.07) is 41.8. The Kier molecular flexibility index (Phi) is 5.57. The van der Waals surface area contributed by atoms with Crippen LogP contribution in [0.2, 0.25) is 0 Å². The fourth-order valence-corrected chi connectivity index (χ4v) is 10.2. The average Bonchev–Trinajstić information content (AvgIpc) is 3.48. The second-order valence-electron chi connectivity index (χ2n) is 10.5. The van der Waals surface area contributed by atoms with E-state index in [0.29, 0.717) is 0 Å². The smallest absolute Gasteiger partial charge is 0.0627 e. The maximum absolute atomic E-state index is 2.49. The molecule has 0 radical (unpaired) electrons. The van der Waals surface area contributed by atoms with E-state index in [1.807, 2.05) is 0 Å². The first-order valence-electron chi connectivity index (χ1n) is 13.3. The lowest BCUT2D eigenvalue weighted by molar-refractivity contribution is 0.941. The SMILES string of the molecule is c1ccc2c(c1)[SiH2]c1cc(CCc3ccc(CCc4ccc5c(c4)[SiH2]c4ccccc4-5)cc3)ccc1-2. The van der Waals surface area contributed by atoms with Gasteiger partial charge in [0.25, 0.3) is 0 Å². The van der Waals surface area contributed by atoms with E-state index in [2.05, 4.69) is 109 Å². The number of hydrogen-bond donors (Lipinski definition) is 0. The van der Waals surface area contributed by atoms with Gasteiger partial charge in [-0.2, -0.15) is 0 Å². The van der Waals surface area contributed by atoms with Crippen LogP contribution in [-0.2, 0) is 25.7 Å². The Balaban J connectivity index is 0.962. The van der Waals surface area contributed by atoms with Gasteiger partial charge in [-0.05, 0) is 70.2 Å². The summed E-state index contributed by atoms with van der Waals surface area (Å²) in [7, 11) is -0.619. The van der Waals surface area contributed by atoms with Crippen molar-refractivity contribution in [1.82, 2.24) is 0 Å². The summed E-state index contributed by atoms with van der Waals surface area (Å²) >= 11 is 0. The van der Waals surface area contributed by atoms with Crippen molar-refractivity contribution in [2.75, 3.05) is 0 Å². The molecule has 0 aliphatic carbocycles. The fourth-order valence-electron chi connectivity index (χ4n) is 6.16. The van der Waals surface area contributed by atoms with E-state index < -0.39 is 0 Å². The topological polar surface area (TPSA) is 0 Å². The van der Waals surface area contributed by atoms with Gasteiger partial charge < -0.3 is 0 Å². The predicted octanol–water partition coefficient (Wildman–Crippen LogP) is 3.46. The summed E-state index contributed by atoms with van der Waals surface area (Å²) in [4.78, 5) is 0. The zero-order chi connectivity index (χ0) is 23.9. The monoisotopic (exact) mass is 494 g/mol. The van der Waals surface area contributed by atoms with Gasteiger partial charge in [-0.1, -0.05) is 130 Å². The summed E-state index contributed by atoms with van der Waals surface area (Å²) in [5.74, 6) is 0. The molecule has 2 aliphatic heterocycles. The van der Waals surface area contributed by atoms with Crippen LogP contribution in [-0.4, -0.2) is 19.0 Å². The Bertz CT molecular complexity index is 1460. The first-order chi connectivity index (χ1) is 17.8. The highest BCUT2D eigenvalue weighted by molar-refractivity contribution is 6.73. The molecule has 174 valence electrons. The van der Waals surface area contributed by atoms with Gasteiger partial charge in [-0.25, -0.2) is 0 Å². The van der Waals surface area contributed by atoms with Crippen LogP contribution < -0.4 is 20.7 Å². The highest BCUT2D eigenvalue weighted by Crippen LogP contribution is 2.22. The normalized spacial score (nSPS) is 14.0. The first kappa shape index (κ1) is 21.8. The van der Waals surface area contributed by atoms with Crippen molar-refractivity contribution in [3.8, 4) is 22.3 Å². The highest BCUT2D eigenvalue weighted by Gasteiger charge is 2.19. The van der Waals surface area contributed by atoms with Crippen LogP contribution >= 0.6 is 0 Å². The Morgan fingerprint density at radius 1 is 0.333 bits per heavy atom. The molecule has 2 aliphatic rings. The van der Waals surface area contributed by atoms with Crippen molar-refractivity contribution in [3.63, 3.8) is 0 Å². The largest absolute Gasteiger partial charge is 0.0891 e. The van der Waals surface area contributed by atoms with Crippen LogP contribution in [0.15, 0.2) is 109 Å². The number of rotatable bonds is 6. The van der Waals surface area contributed by atoms with E-state index in [4.69, 9.17) is 0 Å². The quantitative estimate of drug-likeness (QED) is 0.311. The van der Waals surface area contributed by atoms with E-state index in [1.54, 1.807) is 20.7 Å². The lowest BCUT2D eigenvalue weighted by atomic mass is 9.98. The molecule has 2 heterocycles. The molecule has 7 rings (SSSR count). The minimum Gasteiger partial charge on any atom is -0.0627 e. The molecule has 0 spiro atoms. The molecule has 0 unspecified atom stereocenters. The van der Waals surface area contributed by atoms with Crippen LogP contribution in [0.4, 0.5) is 0 Å². The molecule has 0 fully saturated rings. The van der Waals surface area contributed by atoms with Gasteiger partial charge in [-0.3, -0.25) is 0 Å². The minimum absolute atomic E-state index is 0.309. The molecule has 5 aromatic carbocycles. The van der Waals surface area contributed by atoms with Crippen molar-refractivity contribution in [1.29, 1.82) is 0 Å². The van der Waals surface area contributed by atoms with Gasteiger partial charge >= 0.3 is 0 Å². The molecule has 0 aromatic heterocycles. The number of fused-ring (bicyclic) bond motifs is 6. The van der Waals surface area contributed by atoms with Gasteiger partial charge in [0.1, 0.15) is 0 Å².